The zero-order valence-corrected chi connectivity index (χ0v) is 7.51. The first-order chi connectivity index (χ1) is 6.72. The van der Waals surface area contributed by atoms with Gasteiger partial charge in [-0.3, -0.25) is 0 Å². The Hall–Kier alpha value is -1.71. The van der Waals surface area contributed by atoms with Crippen LogP contribution in [-0.2, 0) is 0 Å². The minimum absolute atomic E-state index is 0.0526. The summed E-state index contributed by atoms with van der Waals surface area (Å²) in [6, 6.07) is 5.99. The molecule has 14 heavy (non-hydrogen) atoms. The smallest absolute Gasteiger partial charge is 0.185 e. The molecule has 2 aromatic rings. The Balaban J connectivity index is 2.78. The van der Waals surface area contributed by atoms with E-state index in [1.54, 1.807) is 19.2 Å². The normalized spacial score (nSPS) is 10.5. The molecule has 0 spiro atoms. The van der Waals surface area contributed by atoms with E-state index in [0.29, 0.717) is 11.2 Å². The van der Waals surface area contributed by atoms with Crippen molar-refractivity contribution in [1.29, 1.82) is 0 Å². The van der Waals surface area contributed by atoms with E-state index in [1.807, 2.05) is 0 Å². The molecule has 2 nitrogen and oxygen atoms in total. The average molecular weight is 194 g/mol. The zero-order chi connectivity index (χ0) is 10.1. The van der Waals surface area contributed by atoms with Crippen LogP contribution in [0.2, 0.25) is 0 Å². The van der Waals surface area contributed by atoms with E-state index in [1.165, 1.54) is 6.07 Å². The maximum absolute atomic E-state index is 13.2. The molecule has 72 valence electrons. The molecule has 0 amide bonds. The molecular weight excluding hydrogens is 186 g/mol. The minimum Gasteiger partial charge on any atom is -0.373 e. The maximum atomic E-state index is 13.2. The van der Waals surface area contributed by atoms with Gasteiger partial charge in [0.2, 0.25) is 0 Å². The summed E-state index contributed by atoms with van der Waals surface area (Å²) in [5.41, 5.74) is 0.0526. The number of anilines is 1. The van der Waals surface area contributed by atoms with Gasteiger partial charge in [0, 0.05) is 12.4 Å². The van der Waals surface area contributed by atoms with Gasteiger partial charge in [-0.25, -0.2) is 13.8 Å². The molecule has 1 N–H and O–H groups in total. The first-order valence-electron chi connectivity index (χ1n) is 4.15. The van der Waals surface area contributed by atoms with Crippen LogP contribution in [0.3, 0.4) is 0 Å². The third-order valence-electron chi connectivity index (χ3n) is 2.01. The molecular formula is C10H8F2N2. The molecule has 0 bridgehead atoms. The van der Waals surface area contributed by atoms with Gasteiger partial charge in [-0.2, -0.15) is 0 Å². The number of nitrogens with one attached hydrogen (secondary N) is 1. The highest BCUT2D eigenvalue weighted by Crippen LogP contribution is 2.20. The van der Waals surface area contributed by atoms with Gasteiger partial charge in [0.25, 0.3) is 0 Å². The molecule has 1 heterocycles. The Morgan fingerprint density at radius 1 is 1.14 bits per heavy atom. The molecule has 0 fully saturated rings. The molecule has 0 aliphatic carbocycles. The van der Waals surface area contributed by atoms with E-state index >= 15 is 0 Å². The summed E-state index contributed by atoms with van der Waals surface area (Å²) in [6.07, 6.45) is 0. The molecule has 0 unspecified atom stereocenters. The van der Waals surface area contributed by atoms with E-state index < -0.39 is 11.6 Å². The highest BCUT2D eigenvalue weighted by molar-refractivity contribution is 5.80. The lowest BCUT2D eigenvalue weighted by Gasteiger charge is -2.02. The fourth-order valence-electron chi connectivity index (χ4n) is 1.27. The molecule has 0 saturated carbocycles. The van der Waals surface area contributed by atoms with E-state index in [-0.39, 0.29) is 5.52 Å². The molecule has 1 aromatic carbocycles. The summed E-state index contributed by atoms with van der Waals surface area (Å²) in [6.45, 7) is 0. The number of halogens is 2. The van der Waals surface area contributed by atoms with Gasteiger partial charge in [0.05, 0.1) is 0 Å². The molecule has 0 radical (unpaired) electrons. The van der Waals surface area contributed by atoms with E-state index in [2.05, 4.69) is 10.3 Å². The van der Waals surface area contributed by atoms with Crippen molar-refractivity contribution in [1.82, 2.24) is 4.98 Å². The lowest BCUT2D eigenvalue weighted by Crippen LogP contribution is -1.95. The van der Waals surface area contributed by atoms with Crippen LogP contribution in [0.15, 0.2) is 24.3 Å². The van der Waals surface area contributed by atoms with Crippen molar-refractivity contribution in [3.63, 3.8) is 0 Å². The van der Waals surface area contributed by atoms with Crippen LogP contribution < -0.4 is 5.32 Å². The molecule has 0 aliphatic rings. The Morgan fingerprint density at radius 2 is 1.86 bits per heavy atom. The Kier molecular flexibility index (Phi) is 2.04. The number of pyridine rings is 1. The molecule has 0 saturated heterocycles. The predicted octanol–water partition coefficient (Wildman–Crippen LogP) is 2.55. The minimum atomic E-state index is -0.903. The molecule has 4 heteroatoms. The Bertz CT molecular complexity index is 483. The van der Waals surface area contributed by atoms with Crippen molar-refractivity contribution in [2.24, 2.45) is 0 Å². The topological polar surface area (TPSA) is 24.9 Å². The lowest BCUT2D eigenvalue weighted by molar-refractivity contribution is 0.515. The predicted molar refractivity (Wildman–Crippen MR) is 51.2 cm³/mol. The van der Waals surface area contributed by atoms with Gasteiger partial charge in [-0.1, -0.05) is 0 Å². The summed E-state index contributed by atoms with van der Waals surface area (Å²) in [7, 11) is 1.67. The number of hydrogen-bond donors (Lipinski definition) is 1. The summed E-state index contributed by atoms with van der Waals surface area (Å²) in [5, 5.41) is 3.35. The van der Waals surface area contributed by atoms with Crippen LogP contribution in [0.25, 0.3) is 10.9 Å². The quantitative estimate of drug-likeness (QED) is 0.754. The average Bonchev–Trinajstić information content (AvgIpc) is 2.23. The Morgan fingerprint density at radius 3 is 2.57 bits per heavy atom. The second-order valence-corrected chi connectivity index (χ2v) is 2.88. The van der Waals surface area contributed by atoms with Gasteiger partial charge in [0.1, 0.15) is 11.3 Å². The van der Waals surface area contributed by atoms with Crippen molar-refractivity contribution in [3.8, 4) is 0 Å². The highest BCUT2D eigenvalue weighted by atomic mass is 19.2. The summed E-state index contributed by atoms with van der Waals surface area (Å²) in [5.74, 6) is -1.26. The second kappa shape index (κ2) is 3.21. The van der Waals surface area contributed by atoms with Crippen LogP contribution >= 0.6 is 0 Å². The molecule has 0 atom stereocenters. The SMILES string of the molecule is CNc1ccc2ccc(F)c(F)c2n1. The number of fused-ring (bicyclic) bond motifs is 1. The van der Waals surface area contributed by atoms with Crippen molar-refractivity contribution in [2.45, 2.75) is 0 Å². The fraction of sp³-hybridized carbons (Fsp3) is 0.100. The monoisotopic (exact) mass is 194 g/mol. The number of nitrogens with zero attached hydrogens (tertiary/aromatic N) is 1. The summed E-state index contributed by atoms with van der Waals surface area (Å²) < 4.78 is 26.1. The molecule has 0 aliphatic heterocycles. The first kappa shape index (κ1) is 8.87. The summed E-state index contributed by atoms with van der Waals surface area (Å²) in [4.78, 5) is 3.93. The van der Waals surface area contributed by atoms with Crippen LogP contribution in [0.4, 0.5) is 14.6 Å². The maximum Gasteiger partial charge on any atom is 0.185 e. The van der Waals surface area contributed by atoms with E-state index in [0.717, 1.165) is 6.07 Å². The summed E-state index contributed by atoms with van der Waals surface area (Å²) >= 11 is 0. The molecule has 2 rings (SSSR count). The Labute approximate surface area is 79.6 Å². The number of hydrogen-bond acceptors (Lipinski definition) is 2. The van der Waals surface area contributed by atoms with Crippen LogP contribution in [-0.4, -0.2) is 12.0 Å². The number of aromatic nitrogens is 1. The van der Waals surface area contributed by atoms with Crippen molar-refractivity contribution >= 4 is 16.7 Å². The number of rotatable bonds is 1. The largest absolute Gasteiger partial charge is 0.373 e. The van der Waals surface area contributed by atoms with Crippen LogP contribution in [0.5, 0.6) is 0 Å². The van der Waals surface area contributed by atoms with Gasteiger partial charge in [0.15, 0.2) is 11.6 Å². The number of benzene rings is 1. The third kappa shape index (κ3) is 1.28. The van der Waals surface area contributed by atoms with Crippen LogP contribution in [0.1, 0.15) is 0 Å². The van der Waals surface area contributed by atoms with Crippen molar-refractivity contribution in [3.05, 3.63) is 35.9 Å². The van der Waals surface area contributed by atoms with Gasteiger partial charge >= 0.3 is 0 Å². The van der Waals surface area contributed by atoms with Gasteiger partial charge in [-0.15, -0.1) is 0 Å². The van der Waals surface area contributed by atoms with Crippen molar-refractivity contribution in [2.75, 3.05) is 12.4 Å². The molecule has 1 aromatic heterocycles. The lowest BCUT2D eigenvalue weighted by atomic mass is 10.2. The van der Waals surface area contributed by atoms with E-state index in [9.17, 15) is 8.78 Å². The zero-order valence-electron chi connectivity index (χ0n) is 7.51. The van der Waals surface area contributed by atoms with E-state index in [4.69, 9.17) is 0 Å². The van der Waals surface area contributed by atoms with Crippen LogP contribution in [0, 0.1) is 11.6 Å². The third-order valence-corrected chi connectivity index (χ3v) is 2.01. The fourth-order valence-corrected chi connectivity index (χ4v) is 1.27. The first-order valence-corrected chi connectivity index (χ1v) is 4.15. The highest BCUT2D eigenvalue weighted by Gasteiger charge is 2.08. The van der Waals surface area contributed by atoms with Gasteiger partial charge < -0.3 is 5.32 Å². The standard InChI is InChI=1S/C10H8F2N2/c1-13-8-5-3-6-2-4-7(11)9(12)10(6)14-8/h2-5H,1H3,(H,13,14). The second-order valence-electron chi connectivity index (χ2n) is 2.88. The van der Waals surface area contributed by atoms with Gasteiger partial charge in [-0.05, 0) is 24.3 Å². The van der Waals surface area contributed by atoms with Crippen molar-refractivity contribution < 1.29 is 8.78 Å².